The molecule has 0 heterocycles. The van der Waals surface area contributed by atoms with Crippen LogP contribution < -0.4 is 4.74 Å². The number of terminal acetylenes is 1. The maximum atomic E-state index is 6.77. The molecule has 2 fully saturated rings. The highest BCUT2D eigenvalue weighted by Gasteiger charge is 2.63. The van der Waals surface area contributed by atoms with Crippen LogP contribution in [-0.4, -0.2) is 21.0 Å². The molecule has 3 aliphatic carbocycles. The highest BCUT2D eigenvalue weighted by atomic mass is 28.4. The lowest BCUT2D eigenvalue weighted by molar-refractivity contribution is -0.0537. The average molecular weight is 383 g/mol. The molecule has 27 heavy (non-hydrogen) atoms. The summed E-state index contributed by atoms with van der Waals surface area (Å²) in [5.74, 6) is 6.29. The van der Waals surface area contributed by atoms with Gasteiger partial charge in [-0.15, -0.1) is 6.42 Å². The Morgan fingerprint density at radius 3 is 2.59 bits per heavy atom. The summed E-state index contributed by atoms with van der Waals surface area (Å²) in [6, 6.07) is 6.73. The van der Waals surface area contributed by atoms with Gasteiger partial charge in [-0.25, -0.2) is 0 Å². The van der Waals surface area contributed by atoms with E-state index in [0.29, 0.717) is 11.8 Å². The fourth-order valence-electron chi connectivity index (χ4n) is 6.64. The van der Waals surface area contributed by atoms with E-state index in [0.717, 1.165) is 24.5 Å². The van der Waals surface area contributed by atoms with Gasteiger partial charge >= 0.3 is 0 Å². The van der Waals surface area contributed by atoms with Gasteiger partial charge in [-0.1, -0.05) is 18.9 Å². The van der Waals surface area contributed by atoms with Crippen molar-refractivity contribution in [1.82, 2.24) is 0 Å². The summed E-state index contributed by atoms with van der Waals surface area (Å²) in [5.41, 5.74) is 2.83. The fraction of sp³-hybridized carbons (Fsp3) is 0.667. The van der Waals surface area contributed by atoms with Gasteiger partial charge in [-0.05, 0) is 99.2 Å². The Kier molecular flexibility index (Phi) is 4.52. The molecule has 3 aliphatic rings. The molecule has 1 aromatic carbocycles. The van der Waals surface area contributed by atoms with E-state index >= 15 is 0 Å². The van der Waals surface area contributed by atoms with Crippen molar-refractivity contribution in [3.05, 3.63) is 29.3 Å². The fourth-order valence-corrected chi connectivity index (χ4v) is 8.08. The summed E-state index contributed by atoms with van der Waals surface area (Å²) >= 11 is 0. The number of ether oxygens (including phenoxy) is 1. The van der Waals surface area contributed by atoms with Crippen LogP contribution in [0.15, 0.2) is 18.2 Å². The second-order valence-electron chi connectivity index (χ2n) is 10.2. The van der Waals surface area contributed by atoms with E-state index in [1.54, 1.807) is 12.7 Å². The molecule has 3 heteroatoms. The lowest BCUT2D eigenvalue weighted by Gasteiger charge is -2.54. The Morgan fingerprint density at radius 1 is 1.15 bits per heavy atom. The molecule has 0 N–H and O–H groups in total. The quantitative estimate of drug-likeness (QED) is 0.488. The Bertz CT molecular complexity index is 774. The molecule has 0 aromatic heterocycles. The van der Waals surface area contributed by atoms with Crippen LogP contribution in [0.25, 0.3) is 0 Å². The molecule has 0 spiro atoms. The molecule has 0 aliphatic heterocycles. The molecule has 5 atom stereocenters. The normalized spacial score (nSPS) is 37.7. The second kappa shape index (κ2) is 6.39. The van der Waals surface area contributed by atoms with Gasteiger partial charge in [0.2, 0.25) is 0 Å². The predicted molar refractivity (Wildman–Crippen MR) is 114 cm³/mol. The molecular formula is C24H34O2Si. The van der Waals surface area contributed by atoms with Crippen LogP contribution in [0.5, 0.6) is 5.75 Å². The van der Waals surface area contributed by atoms with Crippen LogP contribution in [-0.2, 0) is 10.8 Å². The molecule has 0 radical (unpaired) electrons. The number of methoxy groups -OCH3 is 1. The zero-order valence-corrected chi connectivity index (χ0v) is 18.6. The summed E-state index contributed by atoms with van der Waals surface area (Å²) < 4.78 is 12.2. The third-order valence-corrected chi connectivity index (χ3v) is 8.73. The largest absolute Gasteiger partial charge is 0.497 e. The van der Waals surface area contributed by atoms with Crippen molar-refractivity contribution < 1.29 is 9.16 Å². The predicted octanol–water partition coefficient (Wildman–Crippen LogP) is 5.77. The van der Waals surface area contributed by atoms with E-state index in [1.807, 2.05) is 0 Å². The molecule has 0 unspecified atom stereocenters. The molecule has 146 valence electrons. The van der Waals surface area contributed by atoms with Crippen LogP contribution in [0.3, 0.4) is 0 Å². The molecule has 4 rings (SSSR count). The Labute approximate surface area is 166 Å². The molecular weight excluding hydrogens is 348 g/mol. The van der Waals surface area contributed by atoms with Crippen LogP contribution in [0.2, 0.25) is 19.6 Å². The van der Waals surface area contributed by atoms with Gasteiger partial charge in [0.05, 0.1) is 7.11 Å². The smallest absolute Gasteiger partial charge is 0.185 e. The first-order valence-corrected chi connectivity index (χ1v) is 14.0. The highest BCUT2D eigenvalue weighted by molar-refractivity contribution is 6.69. The Hall–Kier alpha value is -1.24. The number of benzene rings is 1. The molecule has 0 bridgehead atoms. The van der Waals surface area contributed by atoms with Gasteiger partial charge in [-0.3, -0.25) is 0 Å². The van der Waals surface area contributed by atoms with Gasteiger partial charge in [0.1, 0.15) is 11.4 Å². The summed E-state index contributed by atoms with van der Waals surface area (Å²) in [6.45, 7) is 9.28. The number of hydrogen-bond acceptors (Lipinski definition) is 2. The zero-order chi connectivity index (χ0) is 19.4. The van der Waals surface area contributed by atoms with Gasteiger partial charge in [0.15, 0.2) is 8.32 Å². The molecule has 2 nitrogen and oxygen atoms in total. The zero-order valence-electron chi connectivity index (χ0n) is 17.6. The van der Waals surface area contributed by atoms with Crippen LogP contribution in [0.4, 0.5) is 0 Å². The minimum Gasteiger partial charge on any atom is -0.497 e. The van der Waals surface area contributed by atoms with Crippen molar-refractivity contribution in [2.75, 3.05) is 7.11 Å². The van der Waals surface area contributed by atoms with Crippen molar-refractivity contribution in [2.24, 2.45) is 17.3 Å². The minimum atomic E-state index is -1.71. The van der Waals surface area contributed by atoms with E-state index in [4.69, 9.17) is 15.6 Å². The van der Waals surface area contributed by atoms with E-state index < -0.39 is 8.32 Å². The maximum absolute atomic E-state index is 6.77. The lowest BCUT2D eigenvalue weighted by Crippen LogP contribution is -2.54. The maximum Gasteiger partial charge on any atom is 0.185 e. The third kappa shape index (κ3) is 2.88. The first-order chi connectivity index (χ1) is 12.7. The number of aryl methyl sites for hydroxylation is 1. The van der Waals surface area contributed by atoms with Crippen LogP contribution >= 0.6 is 0 Å². The van der Waals surface area contributed by atoms with Gasteiger partial charge < -0.3 is 9.16 Å². The van der Waals surface area contributed by atoms with E-state index in [1.165, 1.54) is 31.2 Å². The summed E-state index contributed by atoms with van der Waals surface area (Å²) in [7, 11) is 0.0527. The van der Waals surface area contributed by atoms with Crippen molar-refractivity contribution in [1.29, 1.82) is 0 Å². The SMILES string of the molecule is C#C[C@@]1(O[Si](C)(C)C)CC[C@H]2[C@@H]3CCc4cc(OC)ccc4[C@H]3CC[C@@]21C. The van der Waals surface area contributed by atoms with Gasteiger partial charge in [0, 0.05) is 5.41 Å². The standard InChI is InChI=1S/C24H34O2Si/c1-7-24(26-27(4,5)6)15-13-22-21-10-8-17-16-18(25-3)9-11-19(17)20(21)12-14-23(22,24)2/h1,9,11,16,20-22H,8,10,12-15H2,2-6H3/t20-,21-,22+,23+,24-/m1/s1. The third-order valence-electron chi connectivity index (χ3n) is 7.77. The highest BCUT2D eigenvalue weighted by Crippen LogP contribution is 2.65. The number of hydrogen-bond donors (Lipinski definition) is 0. The lowest BCUT2D eigenvalue weighted by atomic mass is 9.53. The van der Waals surface area contributed by atoms with Gasteiger partial charge in [0.25, 0.3) is 0 Å². The second-order valence-corrected chi connectivity index (χ2v) is 14.6. The van der Waals surface area contributed by atoms with Crippen molar-refractivity contribution >= 4 is 8.32 Å². The van der Waals surface area contributed by atoms with Crippen LogP contribution in [0, 0.1) is 29.6 Å². The van der Waals surface area contributed by atoms with Crippen LogP contribution in [0.1, 0.15) is 56.1 Å². The first kappa shape index (κ1) is 19.1. The molecule has 0 saturated heterocycles. The summed E-state index contributed by atoms with van der Waals surface area (Å²) in [6.07, 6.45) is 13.3. The molecule has 0 amide bonds. The van der Waals surface area contributed by atoms with E-state index in [-0.39, 0.29) is 11.0 Å². The Morgan fingerprint density at radius 2 is 1.93 bits per heavy atom. The average Bonchev–Trinajstić information content (AvgIpc) is 2.92. The van der Waals surface area contributed by atoms with Crippen molar-refractivity contribution in [3.8, 4) is 18.1 Å². The van der Waals surface area contributed by atoms with Gasteiger partial charge in [-0.2, -0.15) is 0 Å². The number of rotatable bonds is 3. The monoisotopic (exact) mass is 382 g/mol. The molecule has 1 aromatic rings. The van der Waals surface area contributed by atoms with E-state index in [2.05, 4.69) is 50.7 Å². The van der Waals surface area contributed by atoms with E-state index in [9.17, 15) is 0 Å². The Balaban J connectivity index is 1.67. The molecule has 2 saturated carbocycles. The van der Waals surface area contributed by atoms with Crippen molar-refractivity contribution in [3.63, 3.8) is 0 Å². The summed E-state index contributed by atoms with van der Waals surface area (Å²) in [4.78, 5) is 0. The topological polar surface area (TPSA) is 18.5 Å². The van der Waals surface area contributed by atoms with Crippen molar-refractivity contribution in [2.45, 2.75) is 76.6 Å². The summed E-state index contributed by atoms with van der Waals surface area (Å²) in [5, 5.41) is 0. The minimum absolute atomic E-state index is 0.118. The first-order valence-electron chi connectivity index (χ1n) is 10.6. The number of fused-ring (bicyclic) bond motifs is 5.